The second kappa shape index (κ2) is 15.6. The molecule has 2 heterocycles. The van der Waals surface area contributed by atoms with Gasteiger partial charge in [0.1, 0.15) is 11.3 Å². The molecule has 0 bridgehead atoms. The minimum Gasteiger partial charge on any atom is -0.454 e. The van der Waals surface area contributed by atoms with Crippen molar-refractivity contribution in [3.8, 4) is 0 Å². The van der Waals surface area contributed by atoms with E-state index in [1.54, 1.807) is 0 Å². The Hall–Kier alpha value is -7.30. The minimum atomic E-state index is 0.482. The maximum atomic E-state index is 7.04. The quantitative estimate of drug-likeness (QED) is 0.142. The average molecular weight is 883 g/mol. The van der Waals surface area contributed by atoms with Gasteiger partial charge in [0.05, 0.1) is 22.7 Å². The van der Waals surface area contributed by atoms with Crippen molar-refractivity contribution < 1.29 is 8.83 Å². The van der Waals surface area contributed by atoms with E-state index >= 15 is 0 Å². The third-order valence-electron chi connectivity index (χ3n) is 16.2. The molecule has 68 heavy (non-hydrogen) atoms. The summed E-state index contributed by atoms with van der Waals surface area (Å²) in [6, 6.07) is 57.1. The summed E-state index contributed by atoms with van der Waals surface area (Å²) in [5, 5.41) is 11.6. The summed E-state index contributed by atoms with van der Waals surface area (Å²) in [5.41, 5.74) is 16.3. The van der Waals surface area contributed by atoms with Crippen LogP contribution in [0.4, 0.5) is 34.1 Å². The number of hydrogen-bond acceptors (Lipinski definition) is 4. The molecule has 3 aliphatic rings. The molecule has 2 fully saturated rings. The van der Waals surface area contributed by atoms with Crippen LogP contribution in [0.1, 0.15) is 105 Å². The molecule has 9 aromatic carbocycles. The molecule has 14 rings (SSSR count). The lowest BCUT2D eigenvalue weighted by Gasteiger charge is -2.32. The number of benzene rings is 9. The maximum absolute atomic E-state index is 7.04. The number of hydrogen-bond donors (Lipinski definition) is 0. The molecule has 2 aromatic heterocycles. The molecule has 3 aliphatic carbocycles. The maximum Gasteiger partial charge on any atom is 0.159 e. The summed E-state index contributed by atoms with van der Waals surface area (Å²) in [5.74, 6) is 2.01. The number of anilines is 6. The van der Waals surface area contributed by atoms with Crippen molar-refractivity contribution in [1.29, 1.82) is 0 Å². The van der Waals surface area contributed by atoms with Crippen molar-refractivity contribution in [3.63, 3.8) is 0 Å². The van der Waals surface area contributed by atoms with Crippen LogP contribution in [0.25, 0.3) is 70.8 Å². The van der Waals surface area contributed by atoms with Crippen molar-refractivity contribution in [2.45, 2.75) is 89.9 Å². The van der Waals surface area contributed by atoms with Crippen LogP contribution in [0.15, 0.2) is 167 Å². The summed E-state index contributed by atoms with van der Waals surface area (Å²) >= 11 is 0. The van der Waals surface area contributed by atoms with Crippen LogP contribution in [0, 0.1) is 6.92 Å². The Morgan fingerprint density at radius 2 is 0.912 bits per heavy atom. The molecule has 0 spiro atoms. The summed E-state index contributed by atoms with van der Waals surface area (Å²) in [6.07, 6.45) is 14.3. The third-order valence-corrected chi connectivity index (χ3v) is 16.2. The van der Waals surface area contributed by atoms with E-state index in [0.717, 1.165) is 74.4 Å². The van der Waals surface area contributed by atoms with Crippen LogP contribution in [-0.4, -0.2) is 0 Å². The van der Waals surface area contributed by atoms with Crippen molar-refractivity contribution in [3.05, 3.63) is 186 Å². The number of fused-ring (bicyclic) bond motifs is 6. The van der Waals surface area contributed by atoms with E-state index in [0.29, 0.717) is 11.8 Å². The number of aryl methyl sites for hydroxylation is 2. The molecule has 0 N–H and O–H groups in total. The van der Waals surface area contributed by atoms with Crippen molar-refractivity contribution >= 4 is 105 Å². The molecule has 4 heteroatoms. The normalized spacial score (nSPS) is 15.8. The first-order chi connectivity index (χ1) is 33.6. The number of rotatable bonds is 8. The first kappa shape index (κ1) is 39.8. The number of allylic oxidation sites excluding steroid dienone is 2. The van der Waals surface area contributed by atoms with Crippen LogP contribution in [0.5, 0.6) is 0 Å². The molecule has 332 valence electrons. The van der Waals surface area contributed by atoms with Gasteiger partial charge in [-0.1, -0.05) is 135 Å². The second-order valence-electron chi connectivity index (χ2n) is 20.0. The Balaban J connectivity index is 1.11. The summed E-state index contributed by atoms with van der Waals surface area (Å²) in [4.78, 5) is 5.04. The minimum absolute atomic E-state index is 0.482. The molecular formula is C64H54N2O2. The van der Waals surface area contributed by atoms with Gasteiger partial charge < -0.3 is 18.6 Å². The van der Waals surface area contributed by atoms with E-state index in [1.807, 2.05) is 0 Å². The van der Waals surface area contributed by atoms with Gasteiger partial charge in [0.2, 0.25) is 0 Å². The molecule has 0 unspecified atom stereocenters. The highest BCUT2D eigenvalue weighted by molar-refractivity contribution is 6.30. The third kappa shape index (κ3) is 5.99. The zero-order valence-corrected chi connectivity index (χ0v) is 38.9. The zero-order valence-electron chi connectivity index (χ0n) is 38.9. The van der Waals surface area contributed by atoms with E-state index in [1.165, 1.54) is 123 Å². The van der Waals surface area contributed by atoms with Crippen molar-refractivity contribution in [2.75, 3.05) is 9.80 Å². The van der Waals surface area contributed by atoms with Gasteiger partial charge >= 0.3 is 0 Å². The Bertz CT molecular complexity index is 3790. The molecule has 2 saturated carbocycles. The lowest BCUT2D eigenvalue weighted by molar-refractivity contribution is 0.590. The molecule has 4 nitrogen and oxygen atoms in total. The smallest absolute Gasteiger partial charge is 0.159 e. The van der Waals surface area contributed by atoms with E-state index in [9.17, 15) is 0 Å². The van der Waals surface area contributed by atoms with Gasteiger partial charge in [-0.05, 0) is 157 Å². The van der Waals surface area contributed by atoms with Gasteiger partial charge in [-0.3, -0.25) is 0 Å². The molecule has 11 aromatic rings. The van der Waals surface area contributed by atoms with Gasteiger partial charge in [0.25, 0.3) is 0 Å². The lowest BCUT2D eigenvalue weighted by Crippen LogP contribution is -2.13. The lowest BCUT2D eigenvalue weighted by atomic mass is 9.82. The highest BCUT2D eigenvalue weighted by Gasteiger charge is 2.32. The summed E-state index contributed by atoms with van der Waals surface area (Å²) in [6.45, 7) is 4.36. The zero-order chi connectivity index (χ0) is 45.0. The molecular weight excluding hydrogens is 829 g/mol. The van der Waals surface area contributed by atoms with Crippen molar-refractivity contribution in [2.24, 2.45) is 0 Å². The predicted octanol–water partition coefficient (Wildman–Crippen LogP) is 19.1. The molecule has 0 aliphatic heterocycles. The van der Waals surface area contributed by atoms with Gasteiger partial charge in [-0.15, -0.1) is 0 Å². The van der Waals surface area contributed by atoms with Gasteiger partial charge in [0.15, 0.2) is 11.2 Å². The van der Waals surface area contributed by atoms with Crippen LogP contribution in [0.3, 0.4) is 0 Å². The Labute approximate surface area is 397 Å². The van der Waals surface area contributed by atoms with E-state index < -0.39 is 0 Å². The van der Waals surface area contributed by atoms with Crippen LogP contribution >= 0.6 is 0 Å². The summed E-state index contributed by atoms with van der Waals surface area (Å²) in [7, 11) is 0. The first-order valence-electron chi connectivity index (χ1n) is 25.2. The molecule has 0 atom stereocenters. The second-order valence-corrected chi connectivity index (χ2v) is 20.0. The topological polar surface area (TPSA) is 32.8 Å². The van der Waals surface area contributed by atoms with Gasteiger partial charge in [0, 0.05) is 43.9 Å². The van der Waals surface area contributed by atoms with E-state index in [-0.39, 0.29) is 0 Å². The van der Waals surface area contributed by atoms with Crippen molar-refractivity contribution in [1.82, 2.24) is 0 Å². The highest BCUT2D eigenvalue weighted by Crippen LogP contribution is 2.55. The fourth-order valence-corrected chi connectivity index (χ4v) is 13.0. The number of furan rings is 2. The molecule has 0 amide bonds. The number of para-hydroxylation sites is 5. The van der Waals surface area contributed by atoms with Crippen LogP contribution in [-0.2, 0) is 6.42 Å². The fraction of sp³-hybridized carbons (Fsp3) is 0.219. The van der Waals surface area contributed by atoms with Crippen LogP contribution in [0.2, 0.25) is 0 Å². The molecule has 0 saturated heterocycles. The van der Waals surface area contributed by atoms with Gasteiger partial charge in [-0.2, -0.15) is 0 Å². The van der Waals surface area contributed by atoms with E-state index in [2.05, 4.69) is 181 Å². The average Bonchev–Trinajstić information content (AvgIpc) is 4.23. The van der Waals surface area contributed by atoms with Gasteiger partial charge in [-0.25, -0.2) is 0 Å². The standard InChI is InChI=1S/C64H54N2O2/c1-39-17-13-27-47-49-29-15-31-55(63(49)67-61(39)47)65(43-23-5-3-6-24-43)57-37-53(41-19-9-10-20-41)45-34-36-52-58(38-54(42-21-11-12-22-42)46-33-35-51(57)59(45)60(46)52)66(44-25-7-4-8-26-44)56-32-16-30-50-48-28-14-18-40(2)62(48)68-64(50)56/h3-8,13,15-18,23-27,29-38,41-42H,9-12,14,19-22,28H2,1-2H3. The molecule has 0 radical (unpaired) electrons. The Kier molecular flexibility index (Phi) is 9.16. The first-order valence-corrected chi connectivity index (χ1v) is 25.2. The number of nitrogens with zero attached hydrogens (tertiary/aromatic N) is 2. The largest absolute Gasteiger partial charge is 0.454 e. The predicted molar refractivity (Wildman–Crippen MR) is 286 cm³/mol. The Morgan fingerprint density at radius 1 is 0.426 bits per heavy atom. The summed E-state index contributed by atoms with van der Waals surface area (Å²) < 4.78 is 14.0. The van der Waals surface area contributed by atoms with Crippen LogP contribution < -0.4 is 9.80 Å². The monoisotopic (exact) mass is 882 g/mol. The SMILES string of the molecule is CC1=CCCc2c1oc1c(N(c3ccccc3)c3cc(C4CCCC4)c4ccc5c(N(c6ccccc6)c6cccc7c6oc6c(C)cccc67)cc(C6CCCC6)c6ccc3c4c65)cccc21. The fourth-order valence-electron chi connectivity index (χ4n) is 13.0. The highest BCUT2D eigenvalue weighted by atomic mass is 16.3. The Morgan fingerprint density at radius 3 is 1.47 bits per heavy atom. The van der Waals surface area contributed by atoms with E-state index in [4.69, 9.17) is 8.83 Å².